The lowest BCUT2D eigenvalue weighted by Crippen LogP contribution is -2.25. The molecule has 3 nitrogen and oxygen atoms in total. The summed E-state index contributed by atoms with van der Waals surface area (Å²) in [4.78, 5) is 0. The second-order valence-corrected chi connectivity index (χ2v) is 5.15. The molecule has 0 saturated carbocycles. The Morgan fingerprint density at radius 3 is 2.79 bits per heavy atom. The molecule has 1 aliphatic rings. The van der Waals surface area contributed by atoms with Gasteiger partial charge in [-0.2, -0.15) is 0 Å². The fraction of sp³-hybridized carbons (Fsp3) is 0.533. The van der Waals surface area contributed by atoms with Crippen molar-refractivity contribution < 1.29 is 18.6 Å². The minimum atomic E-state index is -0.578. The minimum absolute atomic E-state index is 0.0253. The molecule has 0 amide bonds. The molecule has 2 rings (SSSR count). The van der Waals surface area contributed by atoms with E-state index in [1.165, 1.54) is 19.2 Å². The normalized spacial score (nSPS) is 23.3. The third kappa shape index (κ3) is 3.07. The molecule has 19 heavy (non-hydrogen) atoms. The van der Waals surface area contributed by atoms with Crippen LogP contribution in [0.2, 0.25) is 0 Å². The Morgan fingerprint density at radius 2 is 2.26 bits per heavy atom. The average Bonchev–Trinajstić information content (AvgIpc) is 2.72. The molecular formula is C15H20FO3. The van der Waals surface area contributed by atoms with Crippen LogP contribution in [0, 0.1) is 12.7 Å². The van der Waals surface area contributed by atoms with E-state index in [1.807, 2.05) is 13.8 Å². The van der Waals surface area contributed by atoms with E-state index in [2.05, 4.69) is 6.92 Å². The summed E-state index contributed by atoms with van der Waals surface area (Å²) in [5.41, 5.74) is 0.908. The molecule has 1 aliphatic heterocycles. The first-order chi connectivity index (χ1) is 8.96. The molecule has 1 saturated heterocycles. The van der Waals surface area contributed by atoms with Crippen LogP contribution in [0.3, 0.4) is 0 Å². The van der Waals surface area contributed by atoms with Crippen molar-refractivity contribution in [3.8, 4) is 5.75 Å². The average molecular weight is 267 g/mol. The summed E-state index contributed by atoms with van der Waals surface area (Å²) >= 11 is 0. The van der Waals surface area contributed by atoms with Crippen molar-refractivity contribution in [3.63, 3.8) is 0 Å². The minimum Gasteiger partial charge on any atom is -0.496 e. The molecule has 1 radical (unpaired) electrons. The van der Waals surface area contributed by atoms with Crippen molar-refractivity contribution in [1.82, 2.24) is 0 Å². The van der Waals surface area contributed by atoms with Gasteiger partial charge in [0.05, 0.1) is 19.8 Å². The summed E-state index contributed by atoms with van der Waals surface area (Å²) in [6, 6.07) is 4.55. The maximum absolute atomic E-state index is 13.3. The van der Waals surface area contributed by atoms with Crippen LogP contribution in [-0.4, -0.2) is 25.6 Å². The van der Waals surface area contributed by atoms with Crippen LogP contribution in [0.25, 0.3) is 0 Å². The number of methoxy groups -OCH3 is 1. The number of benzene rings is 1. The fourth-order valence-corrected chi connectivity index (χ4v) is 2.45. The summed E-state index contributed by atoms with van der Waals surface area (Å²) in [5.74, 6) is -0.336. The van der Waals surface area contributed by atoms with Gasteiger partial charge in [-0.1, -0.05) is 13.0 Å². The molecule has 0 spiro atoms. The topological polar surface area (TPSA) is 27.7 Å². The smallest absolute Gasteiger partial charge is 0.163 e. The summed E-state index contributed by atoms with van der Waals surface area (Å²) in [5, 5.41) is 0. The zero-order valence-corrected chi connectivity index (χ0v) is 11.6. The Labute approximate surface area is 113 Å². The SMILES string of the molecule is [CH2]C[C@@H](c1ccc(F)cc1OC)[C@@H]1COC(C)(C)O1. The van der Waals surface area contributed by atoms with E-state index in [9.17, 15) is 4.39 Å². The second kappa shape index (κ2) is 5.47. The Morgan fingerprint density at radius 1 is 1.53 bits per heavy atom. The zero-order chi connectivity index (χ0) is 14.0. The van der Waals surface area contributed by atoms with Gasteiger partial charge >= 0.3 is 0 Å². The number of halogens is 1. The van der Waals surface area contributed by atoms with Crippen LogP contribution >= 0.6 is 0 Å². The molecule has 4 heteroatoms. The standard InChI is InChI=1S/C15H20FO3/c1-5-11(14-9-18-15(2,3)19-14)12-7-6-10(16)8-13(12)17-4/h6-8,11,14H,1,5,9H2,2-4H3/t11-,14-/m0/s1. The molecule has 0 N–H and O–H groups in total. The first-order valence-corrected chi connectivity index (χ1v) is 6.41. The van der Waals surface area contributed by atoms with Crippen molar-refractivity contribution in [2.75, 3.05) is 13.7 Å². The predicted octanol–water partition coefficient (Wildman–Crippen LogP) is 3.29. The molecular weight excluding hydrogens is 247 g/mol. The molecule has 1 heterocycles. The lowest BCUT2D eigenvalue weighted by molar-refractivity contribution is -0.140. The Bertz CT molecular complexity index is 445. The van der Waals surface area contributed by atoms with Crippen molar-refractivity contribution in [3.05, 3.63) is 36.5 Å². The van der Waals surface area contributed by atoms with Gasteiger partial charge in [0.25, 0.3) is 0 Å². The molecule has 0 aromatic heterocycles. The first-order valence-electron chi connectivity index (χ1n) is 6.41. The molecule has 2 atom stereocenters. The fourth-order valence-electron chi connectivity index (χ4n) is 2.45. The number of hydrogen-bond acceptors (Lipinski definition) is 3. The van der Waals surface area contributed by atoms with Crippen molar-refractivity contribution >= 4 is 0 Å². The summed E-state index contributed by atoms with van der Waals surface area (Å²) in [6.07, 6.45) is 0.540. The van der Waals surface area contributed by atoms with E-state index in [1.54, 1.807) is 6.07 Å². The van der Waals surface area contributed by atoms with E-state index in [-0.39, 0.29) is 17.8 Å². The van der Waals surface area contributed by atoms with Gasteiger partial charge in [0.1, 0.15) is 11.6 Å². The molecule has 0 unspecified atom stereocenters. The van der Waals surface area contributed by atoms with Crippen LogP contribution in [-0.2, 0) is 9.47 Å². The van der Waals surface area contributed by atoms with Crippen LogP contribution < -0.4 is 4.74 Å². The lowest BCUT2D eigenvalue weighted by atomic mass is 9.90. The van der Waals surface area contributed by atoms with Crippen molar-refractivity contribution in [2.24, 2.45) is 0 Å². The molecule has 0 aliphatic carbocycles. The second-order valence-electron chi connectivity index (χ2n) is 5.15. The lowest BCUT2D eigenvalue weighted by Gasteiger charge is -2.25. The van der Waals surface area contributed by atoms with Gasteiger partial charge in [-0.3, -0.25) is 0 Å². The third-order valence-electron chi connectivity index (χ3n) is 3.39. The molecule has 0 bridgehead atoms. The summed E-state index contributed by atoms with van der Waals surface area (Å²) in [7, 11) is 1.54. The van der Waals surface area contributed by atoms with E-state index in [4.69, 9.17) is 14.2 Å². The molecule has 1 aromatic carbocycles. The van der Waals surface area contributed by atoms with E-state index < -0.39 is 5.79 Å². The third-order valence-corrected chi connectivity index (χ3v) is 3.39. The quantitative estimate of drug-likeness (QED) is 0.837. The van der Waals surface area contributed by atoms with Crippen molar-refractivity contribution in [2.45, 2.75) is 38.1 Å². The maximum atomic E-state index is 13.3. The molecule has 1 fully saturated rings. The summed E-state index contributed by atoms with van der Waals surface area (Å²) in [6.45, 7) is 8.24. The highest BCUT2D eigenvalue weighted by Crippen LogP contribution is 2.37. The Kier molecular flexibility index (Phi) is 4.11. The molecule has 1 aromatic rings. The van der Waals surface area contributed by atoms with Gasteiger partial charge in [0, 0.05) is 17.5 Å². The highest BCUT2D eigenvalue weighted by atomic mass is 19.1. The number of rotatable bonds is 4. The van der Waals surface area contributed by atoms with E-state index >= 15 is 0 Å². The number of hydrogen-bond donors (Lipinski definition) is 0. The van der Waals surface area contributed by atoms with Gasteiger partial charge in [-0.15, -0.1) is 0 Å². The van der Waals surface area contributed by atoms with Crippen LogP contribution in [0.5, 0.6) is 5.75 Å². The van der Waals surface area contributed by atoms with Gasteiger partial charge in [-0.25, -0.2) is 4.39 Å². The Balaban J connectivity index is 2.27. The highest BCUT2D eigenvalue weighted by molar-refractivity contribution is 5.37. The van der Waals surface area contributed by atoms with Gasteiger partial charge < -0.3 is 14.2 Å². The predicted molar refractivity (Wildman–Crippen MR) is 70.6 cm³/mol. The monoisotopic (exact) mass is 267 g/mol. The zero-order valence-electron chi connectivity index (χ0n) is 11.6. The highest BCUT2D eigenvalue weighted by Gasteiger charge is 2.38. The summed E-state index contributed by atoms with van der Waals surface area (Å²) < 4.78 is 30.0. The van der Waals surface area contributed by atoms with E-state index in [0.717, 1.165) is 5.56 Å². The van der Waals surface area contributed by atoms with Crippen LogP contribution in [0.1, 0.15) is 31.7 Å². The molecule has 105 valence electrons. The van der Waals surface area contributed by atoms with Crippen molar-refractivity contribution in [1.29, 1.82) is 0 Å². The first kappa shape index (κ1) is 14.3. The maximum Gasteiger partial charge on any atom is 0.163 e. The van der Waals surface area contributed by atoms with Crippen LogP contribution in [0.4, 0.5) is 4.39 Å². The van der Waals surface area contributed by atoms with Crippen LogP contribution in [0.15, 0.2) is 18.2 Å². The van der Waals surface area contributed by atoms with Gasteiger partial charge in [-0.05, 0) is 26.3 Å². The Hall–Kier alpha value is -1.13. The van der Waals surface area contributed by atoms with Gasteiger partial charge in [0.15, 0.2) is 5.79 Å². The van der Waals surface area contributed by atoms with E-state index in [0.29, 0.717) is 18.8 Å². The number of ether oxygens (including phenoxy) is 3. The largest absolute Gasteiger partial charge is 0.496 e. The van der Waals surface area contributed by atoms with Gasteiger partial charge in [0.2, 0.25) is 0 Å².